The SMILES string of the molecule is CSc1cccc(Sc2ccc(N)cc2)c1C#N. The molecule has 0 aromatic heterocycles. The standard InChI is InChI=1S/C14H12N2S2/c1-17-13-3-2-4-14(12(13)9-15)18-11-7-5-10(16)6-8-11/h2-8H,16H2,1H3. The lowest BCUT2D eigenvalue weighted by Gasteiger charge is -2.07. The van der Waals surface area contributed by atoms with Gasteiger partial charge in [0.2, 0.25) is 0 Å². The van der Waals surface area contributed by atoms with Gasteiger partial charge in [-0.2, -0.15) is 5.26 Å². The molecule has 0 spiro atoms. The zero-order chi connectivity index (χ0) is 13.0. The maximum Gasteiger partial charge on any atom is 0.101 e. The molecule has 2 aromatic rings. The van der Waals surface area contributed by atoms with Crippen molar-refractivity contribution in [1.82, 2.24) is 0 Å². The first kappa shape index (κ1) is 12.9. The van der Waals surface area contributed by atoms with Crippen molar-refractivity contribution in [3.05, 3.63) is 48.0 Å². The van der Waals surface area contributed by atoms with Crippen LogP contribution in [0.1, 0.15) is 5.56 Å². The van der Waals surface area contributed by atoms with E-state index in [4.69, 9.17) is 5.73 Å². The fourth-order valence-corrected chi connectivity index (χ4v) is 3.11. The van der Waals surface area contributed by atoms with Crippen LogP contribution in [0.5, 0.6) is 0 Å². The molecule has 0 aliphatic carbocycles. The van der Waals surface area contributed by atoms with Crippen LogP contribution in [0, 0.1) is 11.3 Å². The van der Waals surface area contributed by atoms with Crippen molar-refractivity contribution < 1.29 is 0 Å². The smallest absolute Gasteiger partial charge is 0.101 e. The van der Waals surface area contributed by atoms with Gasteiger partial charge in [0.05, 0.1) is 5.56 Å². The molecular formula is C14H12N2S2. The number of thioether (sulfide) groups is 1. The maximum atomic E-state index is 9.26. The van der Waals surface area contributed by atoms with Gasteiger partial charge >= 0.3 is 0 Å². The minimum absolute atomic E-state index is 0.742. The van der Waals surface area contributed by atoms with Crippen molar-refractivity contribution in [3.63, 3.8) is 0 Å². The molecule has 90 valence electrons. The molecule has 0 bridgehead atoms. The van der Waals surface area contributed by atoms with Crippen LogP contribution >= 0.6 is 23.5 Å². The fourth-order valence-electron chi connectivity index (χ4n) is 1.54. The summed E-state index contributed by atoms with van der Waals surface area (Å²) in [6.45, 7) is 0. The summed E-state index contributed by atoms with van der Waals surface area (Å²) in [6, 6.07) is 15.9. The molecule has 0 saturated heterocycles. The van der Waals surface area contributed by atoms with E-state index in [0.29, 0.717) is 0 Å². The molecule has 0 saturated carbocycles. The minimum Gasteiger partial charge on any atom is -0.399 e. The summed E-state index contributed by atoms with van der Waals surface area (Å²) in [5.74, 6) is 0. The number of rotatable bonds is 3. The normalized spacial score (nSPS) is 10.0. The van der Waals surface area contributed by atoms with E-state index in [9.17, 15) is 5.26 Å². The number of benzene rings is 2. The lowest BCUT2D eigenvalue weighted by atomic mass is 10.2. The number of hydrogen-bond acceptors (Lipinski definition) is 4. The van der Waals surface area contributed by atoms with Gasteiger partial charge in [-0.05, 0) is 42.7 Å². The highest BCUT2D eigenvalue weighted by Crippen LogP contribution is 2.34. The fraction of sp³-hybridized carbons (Fsp3) is 0.0714. The highest BCUT2D eigenvalue weighted by Gasteiger charge is 2.08. The zero-order valence-electron chi connectivity index (χ0n) is 9.88. The molecule has 2 rings (SSSR count). The molecule has 0 aliphatic heterocycles. The molecule has 18 heavy (non-hydrogen) atoms. The van der Waals surface area contributed by atoms with Crippen LogP contribution < -0.4 is 5.73 Å². The molecule has 0 atom stereocenters. The first-order valence-electron chi connectivity index (χ1n) is 5.35. The second kappa shape index (κ2) is 5.85. The van der Waals surface area contributed by atoms with Gasteiger partial charge in [-0.15, -0.1) is 11.8 Å². The van der Waals surface area contributed by atoms with E-state index in [2.05, 4.69) is 6.07 Å². The van der Waals surface area contributed by atoms with E-state index in [0.717, 1.165) is 25.9 Å². The summed E-state index contributed by atoms with van der Waals surface area (Å²) in [4.78, 5) is 3.08. The summed E-state index contributed by atoms with van der Waals surface area (Å²) >= 11 is 3.18. The summed E-state index contributed by atoms with van der Waals surface area (Å²) in [6.07, 6.45) is 1.98. The average Bonchev–Trinajstić information content (AvgIpc) is 2.41. The van der Waals surface area contributed by atoms with Crippen LogP contribution in [0.4, 0.5) is 5.69 Å². The second-order valence-electron chi connectivity index (χ2n) is 3.62. The minimum atomic E-state index is 0.742. The largest absolute Gasteiger partial charge is 0.399 e. The van der Waals surface area contributed by atoms with Crippen LogP contribution in [0.25, 0.3) is 0 Å². The third-order valence-corrected chi connectivity index (χ3v) is 4.28. The zero-order valence-corrected chi connectivity index (χ0v) is 11.5. The van der Waals surface area contributed by atoms with Crippen molar-refractivity contribution in [2.75, 3.05) is 12.0 Å². The van der Waals surface area contributed by atoms with Crippen LogP contribution in [0.3, 0.4) is 0 Å². The number of nitrogens with zero attached hydrogens (tertiary/aromatic N) is 1. The Balaban J connectivity index is 2.35. The average molecular weight is 272 g/mol. The molecule has 2 aromatic carbocycles. The van der Waals surface area contributed by atoms with Crippen LogP contribution in [0.2, 0.25) is 0 Å². The molecule has 0 fully saturated rings. The van der Waals surface area contributed by atoms with E-state index in [1.54, 1.807) is 23.5 Å². The van der Waals surface area contributed by atoms with Gasteiger partial charge in [-0.1, -0.05) is 17.8 Å². The molecule has 4 heteroatoms. The van der Waals surface area contributed by atoms with Crippen molar-refractivity contribution >= 4 is 29.2 Å². The molecule has 2 nitrogen and oxygen atoms in total. The van der Waals surface area contributed by atoms with E-state index in [1.165, 1.54) is 0 Å². The van der Waals surface area contributed by atoms with E-state index in [1.807, 2.05) is 48.7 Å². The van der Waals surface area contributed by atoms with E-state index >= 15 is 0 Å². The predicted octanol–water partition coefficient (Wildman–Crippen LogP) is 4.01. The van der Waals surface area contributed by atoms with E-state index < -0.39 is 0 Å². The molecule has 0 amide bonds. The lowest BCUT2D eigenvalue weighted by Crippen LogP contribution is -1.86. The van der Waals surface area contributed by atoms with Crippen molar-refractivity contribution in [2.24, 2.45) is 0 Å². The van der Waals surface area contributed by atoms with Gasteiger partial charge in [0, 0.05) is 20.4 Å². The Morgan fingerprint density at radius 2 is 1.72 bits per heavy atom. The monoisotopic (exact) mass is 272 g/mol. The number of hydrogen-bond donors (Lipinski definition) is 1. The van der Waals surface area contributed by atoms with Crippen molar-refractivity contribution in [2.45, 2.75) is 14.7 Å². The Kier molecular flexibility index (Phi) is 4.19. The first-order chi connectivity index (χ1) is 8.74. The molecule has 0 heterocycles. The number of nitrogen functional groups attached to an aromatic ring is 1. The summed E-state index contributed by atoms with van der Waals surface area (Å²) < 4.78 is 0. The van der Waals surface area contributed by atoms with Crippen LogP contribution in [-0.4, -0.2) is 6.26 Å². The van der Waals surface area contributed by atoms with Gasteiger partial charge in [-0.25, -0.2) is 0 Å². The van der Waals surface area contributed by atoms with Gasteiger partial charge in [-0.3, -0.25) is 0 Å². The van der Waals surface area contributed by atoms with Gasteiger partial charge in [0.1, 0.15) is 6.07 Å². The maximum absolute atomic E-state index is 9.26. The molecule has 2 N–H and O–H groups in total. The molecular weight excluding hydrogens is 260 g/mol. The van der Waals surface area contributed by atoms with Gasteiger partial charge in [0.15, 0.2) is 0 Å². The number of nitriles is 1. The third-order valence-electron chi connectivity index (χ3n) is 2.43. The lowest BCUT2D eigenvalue weighted by molar-refractivity contribution is 1.25. The summed E-state index contributed by atoms with van der Waals surface area (Å²) in [5, 5.41) is 9.26. The molecule has 0 radical (unpaired) electrons. The van der Waals surface area contributed by atoms with Gasteiger partial charge < -0.3 is 5.73 Å². The number of nitrogens with two attached hydrogens (primary N) is 1. The van der Waals surface area contributed by atoms with Crippen molar-refractivity contribution in [1.29, 1.82) is 5.26 Å². The molecule has 0 unspecified atom stereocenters. The van der Waals surface area contributed by atoms with Gasteiger partial charge in [0.25, 0.3) is 0 Å². The Bertz CT molecular complexity index is 586. The Labute approximate surface area is 115 Å². The summed E-state index contributed by atoms with van der Waals surface area (Å²) in [5.41, 5.74) is 7.15. The second-order valence-corrected chi connectivity index (χ2v) is 5.58. The quantitative estimate of drug-likeness (QED) is 0.677. The topological polar surface area (TPSA) is 49.8 Å². The summed E-state index contributed by atoms with van der Waals surface area (Å²) in [7, 11) is 0. The Morgan fingerprint density at radius 1 is 1.06 bits per heavy atom. The Hall–Kier alpha value is -1.57. The third kappa shape index (κ3) is 2.81. The van der Waals surface area contributed by atoms with Crippen LogP contribution in [-0.2, 0) is 0 Å². The number of anilines is 1. The molecule has 0 aliphatic rings. The Morgan fingerprint density at radius 3 is 2.33 bits per heavy atom. The first-order valence-corrected chi connectivity index (χ1v) is 7.39. The highest BCUT2D eigenvalue weighted by molar-refractivity contribution is 8.00. The predicted molar refractivity (Wildman–Crippen MR) is 77.9 cm³/mol. The van der Waals surface area contributed by atoms with Crippen LogP contribution in [0.15, 0.2) is 57.2 Å². The highest BCUT2D eigenvalue weighted by atomic mass is 32.2. The van der Waals surface area contributed by atoms with Crippen molar-refractivity contribution in [3.8, 4) is 6.07 Å². The van der Waals surface area contributed by atoms with E-state index in [-0.39, 0.29) is 0 Å².